The van der Waals surface area contributed by atoms with Crippen LogP contribution in [0.25, 0.3) is 0 Å². The molecule has 0 spiro atoms. The van der Waals surface area contributed by atoms with E-state index in [1.807, 2.05) is 0 Å². The van der Waals surface area contributed by atoms with Crippen LogP contribution < -0.4 is 4.72 Å². The first kappa shape index (κ1) is 19.1. The Balaban J connectivity index is 1.93. The third kappa shape index (κ3) is 5.41. The van der Waals surface area contributed by atoms with Crippen LogP contribution in [0.15, 0.2) is 16.3 Å². The topological polar surface area (TPSA) is 75.6 Å². The predicted molar refractivity (Wildman–Crippen MR) is 92.5 cm³/mol. The zero-order valence-corrected chi connectivity index (χ0v) is 15.6. The van der Waals surface area contributed by atoms with Gasteiger partial charge in [0.15, 0.2) is 0 Å². The number of hydrogen-bond acceptors (Lipinski definition) is 5. The van der Waals surface area contributed by atoms with E-state index in [1.165, 1.54) is 6.07 Å². The lowest BCUT2D eigenvalue weighted by molar-refractivity contribution is 0.0124. The van der Waals surface area contributed by atoms with Crippen molar-refractivity contribution < 1.29 is 18.3 Å². The minimum absolute atomic E-state index is 0.131. The minimum atomic E-state index is -3.63. The van der Waals surface area contributed by atoms with Crippen LogP contribution in [0.2, 0.25) is 4.34 Å². The zero-order valence-electron chi connectivity index (χ0n) is 13.2. The molecule has 8 heteroatoms. The Morgan fingerprint density at radius 3 is 2.61 bits per heavy atom. The van der Waals surface area contributed by atoms with E-state index < -0.39 is 16.1 Å². The van der Waals surface area contributed by atoms with E-state index in [2.05, 4.69) is 11.6 Å². The number of sulfonamides is 1. The maximum Gasteiger partial charge on any atom is 0.250 e. The van der Waals surface area contributed by atoms with Gasteiger partial charge in [0, 0.05) is 12.6 Å². The lowest BCUT2D eigenvalue weighted by Gasteiger charge is -2.33. The number of halogens is 1. The molecule has 0 saturated heterocycles. The standard InChI is InChI=1S/C15H24ClNO4S2/c1-2-9-21-12-5-3-11(4-6-12)13(10-18)17-23(19,20)15-8-7-14(16)22-15/h7-8,11-13,17-18H,2-6,9-10H2,1H3/t11?,12?,13-/m1/s1. The van der Waals surface area contributed by atoms with Gasteiger partial charge >= 0.3 is 0 Å². The molecule has 1 heterocycles. The predicted octanol–water partition coefficient (Wildman–Crippen LogP) is 3.03. The van der Waals surface area contributed by atoms with Crippen molar-refractivity contribution in [1.29, 1.82) is 0 Å². The van der Waals surface area contributed by atoms with Crippen LogP contribution in [-0.4, -0.2) is 38.9 Å². The molecule has 0 radical (unpaired) electrons. The summed E-state index contributed by atoms with van der Waals surface area (Å²) in [6.07, 6.45) is 4.79. The molecule has 23 heavy (non-hydrogen) atoms. The van der Waals surface area contributed by atoms with Crippen molar-refractivity contribution in [3.63, 3.8) is 0 Å². The van der Waals surface area contributed by atoms with Crippen molar-refractivity contribution in [2.45, 2.75) is 55.4 Å². The molecule has 1 fully saturated rings. The van der Waals surface area contributed by atoms with Gasteiger partial charge in [-0.3, -0.25) is 0 Å². The molecule has 0 unspecified atom stereocenters. The first-order chi connectivity index (χ1) is 11.0. The highest BCUT2D eigenvalue weighted by Crippen LogP contribution is 2.30. The van der Waals surface area contributed by atoms with Crippen molar-refractivity contribution in [3.8, 4) is 0 Å². The maximum atomic E-state index is 12.4. The van der Waals surface area contributed by atoms with Crippen LogP contribution in [0, 0.1) is 5.92 Å². The van der Waals surface area contributed by atoms with E-state index in [0.717, 1.165) is 50.0 Å². The third-order valence-electron chi connectivity index (χ3n) is 4.16. The van der Waals surface area contributed by atoms with E-state index >= 15 is 0 Å². The van der Waals surface area contributed by atoms with Crippen LogP contribution in [0.1, 0.15) is 39.0 Å². The molecule has 1 aliphatic rings. The first-order valence-electron chi connectivity index (χ1n) is 7.96. The molecule has 0 aromatic carbocycles. The van der Waals surface area contributed by atoms with Crippen LogP contribution in [-0.2, 0) is 14.8 Å². The van der Waals surface area contributed by atoms with Gasteiger partial charge in [-0.15, -0.1) is 11.3 Å². The summed E-state index contributed by atoms with van der Waals surface area (Å²) in [4.78, 5) is 0. The second kappa shape index (κ2) is 8.78. The van der Waals surface area contributed by atoms with Crippen molar-refractivity contribution >= 4 is 33.0 Å². The smallest absolute Gasteiger partial charge is 0.250 e. The Morgan fingerprint density at radius 2 is 2.09 bits per heavy atom. The van der Waals surface area contributed by atoms with Crippen molar-refractivity contribution in [2.75, 3.05) is 13.2 Å². The fraction of sp³-hybridized carbons (Fsp3) is 0.733. The second-order valence-corrected chi connectivity index (χ2v) is 9.53. The van der Waals surface area contributed by atoms with Crippen molar-refractivity contribution in [3.05, 3.63) is 16.5 Å². The van der Waals surface area contributed by atoms with E-state index in [1.54, 1.807) is 6.07 Å². The summed E-state index contributed by atoms with van der Waals surface area (Å²) in [6.45, 7) is 2.65. The van der Waals surface area contributed by atoms with Crippen LogP contribution in [0.4, 0.5) is 0 Å². The van der Waals surface area contributed by atoms with Gasteiger partial charge in [-0.05, 0) is 50.2 Å². The van der Waals surface area contributed by atoms with Gasteiger partial charge in [-0.25, -0.2) is 13.1 Å². The summed E-state index contributed by atoms with van der Waals surface area (Å²) in [5.74, 6) is 0.131. The highest BCUT2D eigenvalue weighted by molar-refractivity contribution is 7.91. The molecule has 1 saturated carbocycles. The van der Waals surface area contributed by atoms with Gasteiger partial charge in [0.1, 0.15) is 4.21 Å². The van der Waals surface area contributed by atoms with Crippen LogP contribution >= 0.6 is 22.9 Å². The summed E-state index contributed by atoms with van der Waals surface area (Å²) < 4.78 is 33.7. The van der Waals surface area contributed by atoms with E-state index in [-0.39, 0.29) is 22.8 Å². The number of nitrogens with one attached hydrogen (secondary N) is 1. The number of hydrogen-bond donors (Lipinski definition) is 2. The van der Waals surface area contributed by atoms with E-state index in [0.29, 0.717) is 4.34 Å². The van der Waals surface area contributed by atoms with Gasteiger partial charge < -0.3 is 9.84 Å². The Hall–Kier alpha value is -0.180. The Morgan fingerprint density at radius 1 is 1.39 bits per heavy atom. The molecule has 0 aliphatic heterocycles. The highest BCUT2D eigenvalue weighted by atomic mass is 35.5. The normalized spacial score (nSPS) is 23.8. The Bertz CT molecular complexity index is 582. The average molecular weight is 382 g/mol. The minimum Gasteiger partial charge on any atom is -0.395 e. The molecule has 0 amide bonds. The quantitative estimate of drug-likeness (QED) is 0.725. The SMILES string of the molecule is CCCOC1CCC([C@@H](CO)NS(=O)(=O)c2ccc(Cl)s2)CC1. The summed E-state index contributed by atoms with van der Waals surface area (Å²) in [6, 6.07) is 2.58. The largest absolute Gasteiger partial charge is 0.395 e. The van der Waals surface area contributed by atoms with Crippen molar-refractivity contribution in [1.82, 2.24) is 4.72 Å². The molecule has 1 aromatic heterocycles. The molecule has 1 aliphatic carbocycles. The van der Waals surface area contributed by atoms with Gasteiger partial charge in [0.05, 0.1) is 17.0 Å². The van der Waals surface area contributed by atoms with Gasteiger partial charge in [-0.2, -0.15) is 0 Å². The van der Waals surface area contributed by atoms with Crippen molar-refractivity contribution in [2.24, 2.45) is 5.92 Å². The lowest BCUT2D eigenvalue weighted by Crippen LogP contribution is -2.44. The molecular weight excluding hydrogens is 358 g/mol. The molecule has 132 valence electrons. The zero-order chi connectivity index (χ0) is 16.9. The number of aliphatic hydroxyl groups is 1. The molecule has 2 N–H and O–H groups in total. The summed E-state index contributed by atoms with van der Waals surface area (Å²) in [5, 5.41) is 9.62. The van der Waals surface area contributed by atoms with E-state index in [9.17, 15) is 13.5 Å². The fourth-order valence-corrected chi connectivity index (χ4v) is 5.72. The molecule has 2 rings (SSSR count). The first-order valence-corrected chi connectivity index (χ1v) is 10.6. The number of ether oxygens (including phenoxy) is 1. The van der Waals surface area contributed by atoms with Gasteiger partial charge in [-0.1, -0.05) is 18.5 Å². The fourth-order valence-electron chi connectivity index (χ4n) is 2.92. The molecule has 1 aromatic rings. The van der Waals surface area contributed by atoms with Gasteiger partial charge in [0.25, 0.3) is 0 Å². The monoisotopic (exact) mass is 381 g/mol. The molecular formula is C15H24ClNO4S2. The summed E-state index contributed by atoms with van der Waals surface area (Å²) in [5.41, 5.74) is 0. The summed E-state index contributed by atoms with van der Waals surface area (Å²) in [7, 11) is -3.63. The van der Waals surface area contributed by atoms with Crippen LogP contribution in [0.3, 0.4) is 0 Å². The average Bonchev–Trinajstić information content (AvgIpc) is 2.99. The number of thiophene rings is 1. The molecule has 1 atom stereocenters. The number of aliphatic hydroxyl groups excluding tert-OH is 1. The van der Waals surface area contributed by atoms with Gasteiger partial charge in [0.2, 0.25) is 10.0 Å². The number of rotatable bonds is 8. The lowest BCUT2D eigenvalue weighted by atomic mass is 9.83. The van der Waals surface area contributed by atoms with Crippen LogP contribution in [0.5, 0.6) is 0 Å². The maximum absolute atomic E-state index is 12.4. The van der Waals surface area contributed by atoms with E-state index in [4.69, 9.17) is 16.3 Å². The second-order valence-electron chi connectivity index (χ2n) is 5.88. The summed E-state index contributed by atoms with van der Waals surface area (Å²) >= 11 is 6.82. The third-order valence-corrected chi connectivity index (χ3v) is 7.38. The Kier molecular flexibility index (Phi) is 7.31. The Labute approximate surface area is 147 Å². The molecule has 5 nitrogen and oxygen atoms in total. The molecule has 0 bridgehead atoms. The highest BCUT2D eigenvalue weighted by Gasteiger charge is 2.31.